The molecule has 1 amide bonds. The molecule has 6 nitrogen and oxygen atoms in total. The van der Waals surface area contributed by atoms with Gasteiger partial charge in [-0.2, -0.15) is 0 Å². The van der Waals surface area contributed by atoms with Crippen molar-refractivity contribution in [2.45, 2.75) is 18.4 Å². The number of nitrogens with one attached hydrogen (secondary N) is 2. The molecule has 1 aromatic carbocycles. The zero-order valence-corrected chi connectivity index (χ0v) is 10.3. The van der Waals surface area contributed by atoms with Gasteiger partial charge in [-0.15, -0.1) is 0 Å². The summed E-state index contributed by atoms with van der Waals surface area (Å²) in [5.74, 6) is -1.86. The molecule has 1 aromatic rings. The van der Waals surface area contributed by atoms with Crippen LogP contribution in [0.15, 0.2) is 24.3 Å². The van der Waals surface area contributed by atoms with Crippen LogP contribution in [0.25, 0.3) is 0 Å². The second-order valence-corrected chi connectivity index (χ2v) is 4.43. The zero-order valence-electron chi connectivity index (χ0n) is 10.3. The lowest BCUT2D eigenvalue weighted by atomic mass is 10.00. The number of aliphatic hydroxyl groups excluding tert-OH is 1. The summed E-state index contributed by atoms with van der Waals surface area (Å²) in [6, 6.07) is 6.39. The van der Waals surface area contributed by atoms with Gasteiger partial charge < -0.3 is 20.8 Å². The van der Waals surface area contributed by atoms with Crippen LogP contribution >= 0.6 is 0 Å². The van der Waals surface area contributed by atoms with E-state index in [-0.39, 0.29) is 18.9 Å². The second-order valence-electron chi connectivity index (χ2n) is 4.43. The number of hydrogen-bond donors (Lipinski definition) is 4. The number of carbonyl (C=O) groups excluding carboxylic acids is 1. The third kappa shape index (κ3) is 2.85. The number of aliphatic hydroxyl groups is 1. The van der Waals surface area contributed by atoms with E-state index in [1.165, 1.54) is 0 Å². The van der Waals surface area contributed by atoms with Crippen LogP contribution in [0.1, 0.15) is 17.9 Å². The topological polar surface area (TPSA) is 98.7 Å². The smallest absolute Gasteiger partial charge is 0.326 e. The van der Waals surface area contributed by atoms with Gasteiger partial charge in [-0.25, -0.2) is 4.79 Å². The summed E-state index contributed by atoms with van der Waals surface area (Å²) in [4.78, 5) is 23.0. The van der Waals surface area contributed by atoms with Crippen LogP contribution in [0.5, 0.6) is 0 Å². The lowest BCUT2D eigenvalue weighted by Gasteiger charge is -2.16. The van der Waals surface area contributed by atoms with Gasteiger partial charge in [-0.05, 0) is 11.6 Å². The average molecular weight is 264 g/mol. The summed E-state index contributed by atoms with van der Waals surface area (Å²) in [6.45, 7) is 0.174. The van der Waals surface area contributed by atoms with Crippen molar-refractivity contribution in [3.05, 3.63) is 29.8 Å². The lowest BCUT2D eigenvalue weighted by Crippen LogP contribution is -2.43. The van der Waals surface area contributed by atoms with Crippen molar-refractivity contribution >= 4 is 17.6 Å². The van der Waals surface area contributed by atoms with Crippen molar-refractivity contribution in [3.8, 4) is 0 Å². The molecule has 6 heteroatoms. The highest BCUT2D eigenvalue weighted by Gasteiger charge is 2.30. The van der Waals surface area contributed by atoms with Gasteiger partial charge in [0.1, 0.15) is 6.04 Å². The maximum absolute atomic E-state index is 12.1. The van der Waals surface area contributed by atoms with Gasteiger partial charge in [-0.1, -0.05) is 18.2 Å². The Hall–Kier alpha value is -2.08. The molecule has 2 rings (SSSR count). The van der Waals surface area contributed by atoms with Gasteiger partial charge in [-0.3, -0.25) is 4.79 Å². The van der Waals surface area contributed by atoms with Gasteiger partial charge >= 0.3 is 5.97 Å². The number of carboxylic acid groups (broad SMARTS) is 1. The van der Waals surface area contributed by atoms with E-state index in [0.29, 0.717) is 6.54 Å². The molecule has 0 saturated heterocycles. The Balaban J connectivity index is 2.07. The predicted molar refractivity (Wildman–Crippen MR) is 68.9 cm³/mol. The highest BCUT2D eigenvalue weighted by atomic mass is 16.4. The van der Waals surface area contributed by atoms with Crippen molar-refractivity contribution in [3.63, 3.8) is 0 Å². The summed E-state index contributed by atoms with van der Waals surface area (Å²) in [5, 5.41) is 23.3. The first-order valence-corrected chi connectivity index (χ1v) is 6.10. The van der Waals surface area contributed by atoms with Crippen molar-refractivity contribution in [1.29, 1.82) is 0 Å². The van der Waals surface area contributed by atoms with E-state index in [1.54, 1.807) is 0 Å². The van der Waals surface area contributed by atoms with Crippen LogP contribution in [0, 0.1) is 0 Å². The molecule has 19 heavy (non-hydrogen) atoms. The number of rotatable bonds is 5. The standard InChI is InChI=1S/C13H16N2O4/c16-6-5-11(13(18)19)15-12(17)9-7-14-10-4-2-1-3-8(9)10/h1-4,9,11,14,16H,5-7H2,(H,15,17)(H,18,19)/t9?,11-/m1/s1. The third-order valence-corrected chi connectivity index (χ3v) is 3.18. The number of benzene rings is 1. The van der Waals surface area contributed by atoms with Crippen LogP contribution in [-0.2, 0) is 9.59 Å². The van der Waals surface area contributed by atoms with Crippen molar-refractivity contribution in [2.75, 3.05) is 18.5 Å². The molecule has 0 bridgehead atoms. The summed E-state index contributed by atoms with van der Waals surface area (Å²) >= 11 is 0. The van der Waals surface area contributed by atoms with E-state index in [9.17, 15) is 9.59 Å². The molecule has 0 radical (unpaired) electrons. The zero-order chi connectivity index (χ0) is 13.8. The van der Waals surface area contributed by atoms with Gasteiger partial charge in [0, 0.05) is 25.3 Å². The summed E-state index contributed by atoms with van der Waals surface area (Å²) < 4.78 is 0. The first kappa shape index (κ1) is 13.4. The Morgan fingerprint density at radius 2 is 2.16 bits per heavy atom. The Morgan fingerprint density at radius 1 is 1.42 bits per heavy atom. The van der Waals surface area contributed by atoms with Crippen molar-refractivity contribution < 1.29 is 19.8 Å². The van der Waals surface area contributed by atoms with E-state index in [1.807, 2.05) is 24.3 Å². The Bertz CT molecular complexity index is 489. The predicted octanol–water partition coefficient (Wildman–Crippen LogP) is 0.148. The lowest BCUT2D eigenvalue weighted by molar-refractivity contribution is -0.142. The fraction of sp³-hybridized carbons (Fsp3) is 0.385. The van der Waals surface area contributed by atoms with E-state index >= 15 is 0 Å². The van der Waals surface area contributed by atoms with E-state index in [4.69, 9.17) is 10.2 Å². The Kier molecular flexibility index (Phi) is 4.01. The van der Waals surface area contributed by atoms with Crippen LogP contribution in [-0.4, -0.2) is 41.3 Å². The Labute approximate surface area is 110 Å². The molecular formula is C13H16N2O4. The first-order chi connectivity index (χ1) is 9.13. The number of hydrogen-bond acceptors (Lipinski definition) is 4. The molecule has 1 aliphatic rings. The monoisotopic (exact) mass is 264 g/mol. The number of carbonyl (C=O) groups is 2. The third-order valence-electron chi connectivity index (χ3n) is 3.18. The molecule has 0 saturated carbocycles. The number of fused-ring (bicyclic) bond motifs is 1. The molecule has 1 heterocycles. The molecule has 102 valence electrons. The maximum atomic E-state index is 12.1. The SMILES string of the molecule is O=C(N[C@H](CCO)C(=O)O)C1CNc2ccccc21. The fourth-order valence-electron chi connectivity index (χ4n) is 2.18. The minimum Gasteiger partial charge on any atom is -0.480 e. The quantitative estimate of drug-likeness (QED) is 0.606. The van der Waals surface area contributed by atoms with Gasteiger partial charge in [0.05, 0.1) is 5.92 Å². The van der Waals surface area contributed by atoms with E-state index in [0.717, 1.165) is 11.3 Å². The molecular weight excluding hydrogens is 248 g/mol. The number of para-hydroxylation sites is 1. The van der Waals surface area contributed by atoms with Crippen molar-refractivity contribution in [1.82, 2.24) is 5.32 Å². The minimum atomic E-state index is -1.14. The second kappa shape index (κ2) is 5.71. The highest BCUT2D eigenvalue weighted by Crippen LogP contribution is 2.31. The molecule has 0 spiro atoms. The number of aliphatic carboxylic acids is 1. The van der Waals surface area contributed by atoms with Crippen LogP contribution in [0.4, 0.5) is 5.69 Å². The Morgan fingerprint density at radius 3 is 2.84 bits per heavy atom. The summed E-state index contributed by atoms with van der Waals surface area (Å²) in [6.07, 6.45) is 0.00285. The number of amides is 1. The minimum absolute atomic E-state index is 0.00285. The largest absolute Gasteiger partial charge is 0.480 e. The number of anilines is 1. The number of carboxylic acids is 1. The normalized spacial score (nSPS) is 18.3. The van der Waals surface area contributed by atoms with Crippen LogP contribution < -0.4 is 10.6 Å². The van der Waals surface area contributed by atoms with Crippen LogP contribution in [0.3, 0.4) is 0 Å². The van der Waals surface area contributed by atoms with Gasteiger partial charge in [0.2, 0.25) is 5.91 Å². The van der Waals surface area contributed by atoms with E-state index in [2.05, 4.69) is 10.6 Å². The first-order valence-electron chi connectivity index (χ1n) is 6.10. The molecule has 0 aliphatic carbocycles. The molecule has 2 atom stereocenters. The van der Waals surface area contributed by atoms with Crippen LogP contribution in [0.2, 0.25) is 0 Å². The van der Waals surface area contributed by atoms with Gasteiger partial charge in [0.25, 0.3) is 0 Å². The molecule has 1 unspecified atom stereocenters. The molecule has 0 aromatic heterocycles. The summed E-state index contributed by atoms with van der Waals surface area (Å²) in [7, 11) is 0. The summed E-state index contributed by atoms with van der Waals surface area (Å²) in [5.41, 5.74) is 1.77. The van der Waals surface area contributed by atoms with Crippen molar-refractivity contribution in [2.24, 2.45) is 0 Å². The fourth-order valence-corrected chi connectivity index (χ4v) is 2.18. The molecule has 0 fully saturated rings. The average Bonchev–Trinajstić information content (AvgIpc) is 2.81. The van der Waals surface area contributed by atoms with E-state index < -0.39 is 17.9 Å². The maximum Gasteiger partial charge on any atom is 0.326 e. The highest BCUT2D eigenvalue weighted by molar-refractivity contribution is 5.91. The van der Waals surface area contributed by atoms with Gasteiger partial charge in [0.15, 0.2) is 0 Å². The molecule has 1 aliphatic heterocycles. The molecule has 4 N–H and O–H groups in total.